The highest BCUT2D eigenvalue weighted by Crippen LogP contribution is 2.29. The summed E-state index contributed by atoms with van der Waals surface area (Å²) < 4.78 is 42.3. The number of methoxy groups -OCH3 is 1. The molecule has 1 aromatic carbocycles. The van der Waals surface area contributed by atoms with Crippen LogP contribution in [0.25, 0.3) is 0 Å². The van der Waals surface area contributed by atoms with Crippen molar-refractivity contribution < 1.29 is 22.7 Å². The Labute approximate surface area is 97.4 Å². The van der Waals surface area contributed by atoms with Crippen LogP contribution in [0.2, 0.25) is 0 Å². The molecule has 0 fully saturated rings. The Morgan fingerprint density at radius 1 is 1.41 bits per heavy atom. The van der Waals surface area contributed by atoms with Crippen molar-refractivity contribution in [3.05, 3.63) is 35.4 Å². The summed E-state index contributed by atoms with van der Waals surface area (Å²) in [6.45, 7) is 1.74. The molecule has 5 heteroatoms. The second-order valence-corrected chi connectivity index (χ2v) is 3.58. The third-order valence-corrected chi connectivity index (χ3v) is 2.42. The van der Waals surface area contributed by atoms with Gasteiger partial charge in [0.25, 0.3) is 0 Å². The van der Waals surface area contributed by atoms with Crippen molar-refractivity contribution in [1.29, 1.82) is 0 Å². The molecule has 0 radical (unpaired) electrons. The second kappa shape index (κ2) is 5.31. The number of ketones is 1. The van der Waals surface area contributed by atoms with Crippen LogP contribution in [0.4, 0.5) is 13.2 Å². The molecule has 0 aliphatic heterocycles. The number of rotatable bonds is 4. The lowest BCUT2D eigenvalue weighted by molar-refractivity contribution is -0.137. The number of Topliss-reactive ketones (excluding diaryl/α,β-unsaturated/α-hetero) is 1. The maximum absolute atomic E-state index is 12.5. The minimum Gasteiger partial charge on any atom is -0.373 e. The van der Waals surface area contributed by atoms with Gasteiger partial charge in [0.05, 0.1) is 5.56 Å². The summed E-state index contributed by atoms with van der Waals surface area (Å²) in [7, 11) is 1.36. The topological polar surface area (TPSA) is 26.3 Å². The SMILES string of the molecule is CCC(OC)C(=O)c1cccc(C(F)(F)F)c1. The maximum Gasteiger partial charge on any atom is 0.416 e. The molecule has 1 aromatic rings. The van der Waals surface area contributed by atoms with Gasteiger partial charge in [-0.05, 0) is 18.6 Å². The number of hydrogen-bond donors (Lipinski definition) is 0. The molecule has 0 N–H and O–H groups in total. The van der Waals surface area contributed by atoms with Gasteiger partial charge in [0.2, 0.25) is 0 Å². The molecular weight excluding hydrogens is 233 g/mol. The van der Waals surface area contributed by atoms with Crippen molar-refractivity contribution in [2.45, 2.75) is 25.6 Å². The summed E-state index contributed by atoms with van der Waals surface area (Å²) >= 11 is 0. The summed E-state index contributed by atoms with van der Waals surface area (Å²) in [5.41, 5.74) is -0.803. The average Bonchev–Trinajstić information content (AvgIpc) is 2.29. The van der Waals surface area contributed by atoms with Crippen LogP contribution in [0.15, 0.2) is 24.3 Å². The maximum atomic E-state index is 12.5. The lowest BCUT2D eigenvalue weighted by atomic mass is 10.0. The van der Waals surface area contributed by atoms with Crippen LogP contribution in [0.5, 0.6) is 0 Å². The van der Waals surface area contributed by atoms with Crippen molar-refractivity contribution >= 4 is 5.78 Å². The average molecular weight is 246 g/mol. The molecule has 0 saturated carbocycles. The van der Waals surface area contributed by atoms with Gasteiger partial charge in [-0.3, -0.25) is 4.79 Å². The first kappa shape index (κ1) is 13.7. The van der Waals surface area contributed by atoms with Crippen molar-refractivity contribution in [2.24, 2.45) is 0 Å². The third kappa shape index (κ3) is 3.30. The zero-order valence-electron chi connectivity index (χ0n) is 9.54. The van der Waals surface area contributed by atoms with Gasteiger partial charge in [-0.25, -0.2) is 0 Å². The molecule has 0 bridgehead atoms. The van der Waals surface area contributed by atoms with E-state index >= 15 is 0 Å². The molecule has 1 rings (SSSR count). The van der Waals surface area contributed by atoms with Crippen LogP contribution in [-0.4, -0.2) is 19.0 Å². The van der Waals surface area contributed by atoms with Gasteiger partial charge in [-0.1, -0.05) is 19.1 Å². The number of carbonyl (C=O) groups excluding carboxylic acids is 1. The van der Waals surface area contributed by atoms with E-state index in [0.717, 1.165) is 12.1 Å². The van der Waals surface area contributed by atoms with E-state index in [1.54, 1.807) is 6.92 Å². The van der Waals surface area contributed by atoms with E-state index in [4.69, 9.17) is 4.74 Å². The molecular formula is C12H13F3O2. The fourth-order valence-corrected chi connectivity index (χ4v) is 1.49. The number of hydrogen-bond acceptors (Lipinski definition) is 2. The van der Waals surface area contributed by atoms with E-state index in [1.807, 2.05) is 0 Å². The molecule has 0 heterocycles. The lowest BCUT2D eigenvalue weighted by Crippen LogP contribution is -2.22. The zero-order valence-corrected chi connectivity index (χ0v) is 9.54. The first-order chi connectivity index (χ1) is 7.90. The minimum absolute atomic E-state index is 0.0218. The molecule has 0 amide bonds. The van der Waals surface area contributed by atoms with E-state index in [2.05, 4.69) is 0 Å². The van der Waals surface area contributed by atoms with E-state index in [-0.39, 0.29) is 5.56 Å². The van der Waals surface area contributed by atoms with Gasteiger partial charge in [0, 0.05) is 12.7 Å². The fraction of sp³-hybridized carbons (Fsp3) is 0.417. The number of benzene rings is 1. The van der Waals surface area contributed by atoms with Crippen LogP contribution in [0.1, 0.15) is 29.3 Å². The van der Waals surface area contributed by atoms with E-state index in [9.17, 15) is 18.0 Å². The Bertz CT molecular complexity index is 395. The fourth-order valence-electron chi connectivity index (χ4n) is 1.49. The van der Waals surface area contributed by atoms with Gasteiger partial charge in [-0.2, -0.15) is 13.2 Å². The summed E-state index contributed by atoms with van der Waals surface area (Å²) in [6.07, 6.45) is -4.71. The zero-order chi connectivity index (χ0) is 13.1. The number of alkyl halides is 3. The standard InChI is InChI=1S/C12H13F3O2/c1-3-10(17-2)11(16)8-5-4-6-9(7-8)12(13,14)15/h4-7,10H,3H2,1-2H3. The first-order valence-electron chi connectivity index (χ1n) is 5.14. The Hall–Kier alpha value is -1.36. The number of halogens is 3. The van der Waals surface area contributed by atoms with Crippen molar-refractivity contribution in [3.63, 3.8) is 0 Å². The molecule has 1 atom stereocenters. The largest absolute Gasteiger partial charge is 0.416 e. The van der Waals surface area contributed by atoms with Crippen LogP contribution in [0, 0.1) is 0 Å². The van der Waals surface area contributed by atoms with Gasteiger partial charge in [0.15, 0.2) is 5.78 Å². The van der Waals surface area contributed by atoms with Gasteiger partial charge < -0.3 is 4.74 Å². The smallest absolute Gasteiger partial charge is 0.373 e. The molecule has 0 spiro atoms. The lowest BCUT2D eigenvalue weighted by Gasteiger charge is -2.13. The van der Waals surface area contributed by atoms with Gasteiger partial charge in [0.1, 0.15) is 6.10 Å². The predicted octanol–water partition coefficient (Wildman–Crippen LogP) is 3.31. The van der Waals surface area contributed by atoms with Gasteiger partial charge in [-0.15, -0.1) is 0 Å². The third-order valence-electron chi connectivity index (χ3n) is 2.42. The van der Waals surface area contributed by atoms with Crippen LogP contribution in [-0.2, 0) is 10.9 Å². The van der Waals surface area contributed by atoms with Crippen molar-refractivity contribution in [3.8, 4) is 0 Å². The van der Waals surface area contributed by atoms with E-state index in [0.29, 0.717) is 6.42 Å². The van der Waals surface area contributed by atoms with E-state index in [1.165, 1.54) is 19.2 Å². The Morgan fingerprint density at radius 3 is 2.53 bits per heavy atom. The summed E-state index contributed by atoms with van der Waals surface area (Å²) in [5, 5.41) is 0. The molecule has 17 heavy (non-hydrogen) atoms. The molecule has 0 saturated heterocycles. The number of carbonyl (C=O) groups is 1. The van der Waals surface area contributed by atoms with Gasteiger partial charge >= 0.3 is 6.18 Å². The van der Waals surface area contributed by atoms with Crippen molar-refractivity contribution in [1.82, 2.24) is 0 Å². The normalized spacial score (nSPS) is 13.5. The summed E-state index contributed by atoms with van der Waals surface area (Å²) in [6, 6.07) is 4.37. The highest BCUT2D eigenvalue weighted by molar-refractivity contribution is 5.99. The predicted molar refractivity (Wildman–Crippen MR) is 56.9 cm³/mol. The second-order valence-electron chi connectivity index (χ2n) is 3.58. The molecule has 94 valence electrons. The summed E-state index contributed by atoms with van der Waals surface area (Å²) in [4.78, 5) is 11.8. The molecule has 0 aliphatic carbocycles. The molecule has 0 aliphatic rings. The van der Waals surface area contributed by atoms with E-state index < -0.39 is 23.6 Å². The first-order valence-corrected chi connectivity index (χ1v) is 5.14. The minimum atomic E-state index is -4.44. The monoisotopic (exact) mass is 246 g/mol. The summed E-state index contributed by atoms with van der Waals surface area (Å²) in [5.74, 6) is -0.430. The van der Waals surface area contributed by atoms with Crippen LogP contribution >= 0.6 is 0 Å². The Morgan fingerprint density at radius 2 is 2.06 bits per heavy atom. The Balaban J connectivity index is 3.04. The molecule has 2 nitrogen and oxygen atoms in total. The van der Waals surface area contributed by atoms with Crippen LogP contribution in [0.3, 0.4) is 0 Å². The highest BCUT2D eigenvalue weighted by atomic mass is 19.4. The Kier molecular flexibility index (Phi) is 4.28. The number of ether oxygens (including phenoxy) is 1. The van der Waals surface area contributed by atoms with Crippen molar-refractivity contribution in [2.75, 3.05) is 7.11 Å². The molecule has 1 unspecified atom stereocenters. The van der Waals surface area contributed by atoms with Crippen LogP contribution < -0.4 is 0 Å². The quantitative estimate of drug-likeness (QED) is 0.762. The highest BCUT2D eigenvalue weighted by Gasteiger charge is 2.31. The molecule has 0 aromatic heterocycles.